The van der Waals surface area contributed by atoms with E-state index in [1.807, 2.05) is 54.6 Å². The van der Waals surface area contributed by atoms with Gasteiger partial charge in [-0.25, -0.2) is 4.39 Å². The first kappa shape index (κ1) is 21.7. The zero-order valence-electron chi connectivity index (χ0n) is 18.9. The van der Waals surface area contributed by atoms with Crippen molar-refractivity contribution in [2.75, 3.05) is 26.7 Å². The third-order valence-corrected chi connectivity index (χ3v) is 7.16. The van der Waals surface area contributed by atoms with Gasteiger partial charge in [0.25, 0.3) is 5.91 Å². The highest BCUT2D eigenvalue weighted by Gasteiger charge is 2.47. The summed E-state index contributed by atoms with van der Waals surface area (Å²) in [7, 11) is 1.68. The molecule has 170 valence electrons. The average Bonchev–Trinajstić information content (AvgIpc) is 3.24. The summed E-state index contributed by atoms with van der Waals surface area (Å²) in [6.45, 7) is 3.36. The quantitative estimate of drug-likeness (QED) is 0.557. The first-order chi connectivity index (χ1) is 16.1. The molecule has 2 fully saturated rings. The van der Waals surface area contributed by atoms with Crippen LogP contribution in [0.15, 0.2) is 78.9 Å². The number of carbonyl (C=O) groups is 1. The van der Waals surface area contributed by atoms with E-state index in [-0.39, 0.29) is 23.7 Å². The number of hydrogen-bond donors (Lipinski definition) is 0. The molecule has 2 aliphatic heterocycles. The molecule has 0 aromatic heterocycles. The Kier molecular flexibility index (Phi) is 6.14. The van der Waals surface area contributed by atoms with Crippen LogP contribution in [-0.2, 0) is 6.54 Å². The number of halogens is 1. The van der Waals surface area contributed by atoms with Crippen molar-refractivity contribution < 1.29 is 13.9 Å². The average molecular weight is 445 g/mol. The van der Waals surface area contributed by atoms with Gasteiger partial charge in [0.2, 0.25) is 0 Å². The number of nitrogens with zero attached hydrogens (tertiary/aromatic N) is 2. The lowest BCUT2D eigenvalue weighted by molar-refractivity contribution is 0.0614. The normalized spacial score (nSPS) is 22.7. The van der Waals surface area contributed by atoms with Crippen LogP contribution in [0.3, 0.4) is 0 Å². The molecule has 0 bridgehead atoms. The van der Waals surface area contributed by atoms with Crippen molar-refractivity contribution in [2.45, 2.75) is 24.9 Å². The molecule has 2 saturated heterocycles. The van der Waals surface area contributed by atoms with Gasteiger partial charge in [0, 0.05) is 49.6 Å². The molecule has 2 aliphatic rings. The highest BCUT2D eigenvalue weighted by atomic mass is 19.1. The van der Waals surface area contributed by atoms with Crippen LogP contribution >= 0.6 is 0 Å². The fraction of sp³-hybridized carbons (Fsp3) is 0.321. The minimum Gasteiger partial charge on any atom is -0.497 e. The van der Waals surface area contributed by atoms with Gasteiger partial charge >= 0.3 is 0 Å². The standard InChI is InChI=1S/C28H29FN2O2/c1-33-24-13-9-21(10-14-24)25-19-31(28(32)22-5-3-2-4-6-22)27-15-16-30(18-26(25)27)17-20-7-11-23(29)12-8-20/h2-14,25-27H,15-19H2,1H3/t25-,26-,27-/m0/s1. The second-order valence-corrected chi connectivity index (χ2v) is 9.08. The van der Waals surface area contributed by atoms with Gasteiger partial charge in [0.15, 0.2) is 0 Å². The number of hydrogen-bond acceptors (Lipinski definition) is 3. The monoisotopic (exact) mass is 444 g/mol. The topological polar surface area (TPSA) is 32.8 Å². The Hall–Kier alpha value is -3.18. The number of likely N-dealkylation sites (tertiary alicyclic amines) is 2. The third-order valence-electron chi connectivity index (χ3n) is 7.16. The Bertz CT molecular complexity index is 1090. The van der Waals surface area contributed by atoms with Gasteiger partial charge < -0.3 is 9.64 Å². The van der Waals surface area contributed by atoms with Gasteiger partial charge in [-0.2, -0.15) is 0 Å². The third kappa shape index (κ3) is 4.51. The first-order valence-electron chi connectivity index (χ1n) is 11.6. The second-order valence-electron chi connectivity index (χ2n) is 9.08. The van der Waals surface area contributed by atoms with Crippen molar-refractivity contribution >= 4 is 5.91 Å². The summed E-state index contributed by atoms with van der Waals surface area (Å²) >= 11 is 0. The number of piperidine rings is 1. The molecule has 33 heavy (non-hydrogen) atoms. The van der Waals surface area contributed by atoms with E-state index in [0.717, 1.165) is 49.5 Å². The molecular formula is C28H29FN2O2. The number of methoxy groups -OCH3 is 1. The minimum atomic E-state index is -0.206. The van der Waals surface area contributed by atoms with Crippen molar-refractivity contribution in [3.8, 4) is 5.75 Å². The maximum absolute atomic E-state index is 13.4. The summed E-state index contributed by atoms with van der Waals surface area (Å²) in [4.78, 5) is 18.0. The van der Waals surface area contributed by atoms with Gasteiger partial charge in [0.05, 0.1) is 7.11 Å². The van der Waals surface area contributed by atoms with E-state index in [2.05, 4.69) is 21.9 Å². The van der Waals surface area contributed by atoms with Crippen LogP contribution in [0.25, 0.3) is 0 Å². The second kappa shape index (κ2) is 9.36. The smallest absolute Gasteiger partial charge is 0.254 e. The van der Waals surface area contributed by atoms with Crippen LogP contribution in [0.2, 0.25) is 0 Å². The lowest BCUT2D eigenvalue weighted by Gasteiger charge is -2.39. The Labute approximate surface area is 194 Å². The minimum absolute atomic E-state index is 0.119. The van der Waals surface area contributed by atoms with E-state index in [1.165, 1.54) is 17.7 Å². The molecule has 4 nitrogen and oxygen atoms in total. The summed E-state index contributed by atoms with van der Waals surface area (Å²) in [6.07, 6.45) is 0.942. The van der Waals surface area contributed by atoms with Crippen molar-refractivity contribution in [3.63, 3.8) is 0 Å². The lowest BCUT2D eigenvalue weighted by Crippen LogP contribution is -2.47. The Morgan fingerprint density at radius 2 is 1.70 bits per heavy atom. The van der Waals surface area contributed by atoms with Crippen LogP contribution in [0.1, 0.15) is 33.8 Å². The van der Waals surface area contributed by atoms with Gasteiger partial charge in [-0.15, -0.1) is 0 Å². The van der Waals surface area contributed by atoms with E-state index < -0.39 is 0 Å². The molecule has 3 aromatic carbocycles. The fourth-order valence-corrected chi connectivity index (χ4v) is 5.48. The number of rotatable bonds is 5. The summed E-state index contributed by atoms with van der Waals surface area (Å²) in [6, 6.07) is 24.9. The van der Waals surface area contributed by atoms with Gasteiger partial charge in [-0.1, -0.05) is 42.5 Å². The Morgan fingerprint density at radius 3 is 2.39 bits per heavy atom. The van der Waals surface area contributed by atoms with Crippen molar-refractivity contribution in [1.29, 1.82) is 0 Å². The maximum Gasteiger partial charge on any atom is 0.254 e. The van der Waals surface area contributed by atoms with Crippen molar-refractivity contribution in [2.24, 2.45) is 5.92 Å². The van der Waals surface area contributed by atoms with Crippen molar-refractivity contribution in [3.05, 3.63) is 101 Å². The summed E-state index contributed by atoms with van der Waals surface area (Å²) in [5, 5.41) is 0. The predicted molar refractivity (Wildman–Crippen MR) is 127 cm³/mol. The molecule has 5 rings (SSSR count). The molecule has 0 spiro atoms. The van der Waals surface area contributed by atoms with Crippen LogP contribution in [0.5, 0.6) is 5.75 Å². The SMILES string of the molecule is COc1ccc([C@@H]2CN(C(=O)c3ccccc3)[C@H]3CCN(Cc4ccc(F)cc4)C[C@@H]23)cc1. The lowest BCUT2D eigenvalue weighted by atomic mass is 9.81. The fourth-order valence-electron chi connectivity index (χ4n) is 5.48. The van der Waals surface area contributed by atoms with Crippen LogP contribution in [0, 0.1) is 11.7 Å². The highest BCUT2D eigenvalue weighted by molar-refractivity contribution is 5.94. The molecular weight excluding hydrogens is 415 g/mol. The van der Waals surface area contributed by atoms with Gasteiger partial charge in [-0.3, -0.25) is 9.69 Å². The number of carbonyl (C=O) groups excluding carboxylic acids is 1. The van der Waals surface area contributed by atoms with Crippen LogP contribution in [-0.4, -0.2) is 48.5 Å². The molecule has 0 saturated carbocycles. The molecule has 0 aliphatic carbocycles. The molecule has 3 aromatic rings. The van der Waals surface area contributed by atoms with E-state index in [4.69, 9.17) is 4.74 Å². The number of benzene rings is 3. The molecule has 1 amide bonds. The number of amides is 1. The molecule has 0 unspecified atom stereocenters. The summed E-state index contributed by atoms with van der Waals surface area (Å²) in [5.41, 5.74) is 3.12. The molecule has 0 radical (unpaired) electrons. The van der Waals surface area contributed by atoms with Crippen LogP contribution < -0.4 is 4.74 Å². The Morgan fingerprint density at radius 1 is 0.970 bits per heavy atom. The van der Waals surface area contributed by atoms with E-state index in [0.29, 0.717) is 5.92 Å². The maximum atomic E-state index is 13.4. The van der Waals surface area contributed by atoms with E-state index in [1.54, 1.807) is 7.11 Å². The largest absolute Gasteiger partial charge is 0.497 e. The van der Waals surface area contributed by atoms with Crippen LogP contribution in [0.4, 0.5) is 4.39 Å². The van der Waals surface area contributed by atoms with E-state index in [9.17, 15) is 9.18 Å². The predicted octanol–water partition coefficient (Wildman–Crippen LogP) is 4.96. The zero-order valence-corrected chi connectivity index (χ0v) is 18.9. The first-order valence-corrected chi connectivity index (χ1v) is 11.6. The van der Waals surface area contributed by atoms with Crippen molar-refractivity contribution in [1.82, 2.24) is 9.80 Å². The number of fused-ring (bicyclic) bond motifs is 1. The zero-order chi connectivity index (χ0) is 22.8. The molecule has 3 atom stereocenters. The molecule has 5 heteroatoms. The highest BCUT2D eigenvalue weighted by Crippen LogP contribution is 2.42. The number of ether oxygens (including phenoxy) is 1. The summed E-state index contributed by atoms with van der Waals surface area (Å²) in [5.74, 6) is 1.37. The van der Waals surface area contributed by atoms with Gasteiger partial charge in [-0.05, 0) is 53.9 Å². The van der Waals surface area contributed by atoms with E-state index >= 15 is 0 Å². The Balaban J connectivity index is 1.40. The molecule has 0 N–H and O–H groups in total. The summed E-state index contributed by atoms with van der Waals surface area (Å²) < 4.78 is 18.7. The van der Waals surface area contributed by atoms with Gasteiger partial charge in [0.1, 0.15) is 11.6 Å². The molecule has 2 heterocycles.